The van der Waals surface area contributed by atoms with Gasteiger partial charge in [-0.2, -0.15) is 0 Å². The van der Waals surface area contributed by atoms with Crippen LogP contribution in [0.1, 0.15) is 121 Å². The molecule has 2 saturated heterocycles. The summed E-state index contributed by atoms with van der Waals surface area (Å²) in [5.41, 5.74) is 4.92. The topological polar surface area (TPSA) is 18.5 Å². The molecular weight excluding hydrogens is 476 g/mol. The molecule has 4 aliphatic rings. The number of hydrogen-bond acceptors (Lipinski definition) is 2. The minimum absolute atomic E-state index is 0.153. The summed E-state index contributed by atoms with van der Waals surface area (Å²) in [6.07, 6.45) is 14.1. The number of benzene rings is 2. The summed E-state index contributed by atoms with van der Waals surface area (Å²) < 4.78 is 13.9. The molecule has 0 spiro atoms. The Morgan fingerprint density at radius 3 is 2.15 bits per heavy atom. The molecule has 2 heterocycles. The Morgan fingerprint density at radius 1 is 0.667 bits per heavy atom. The van der Waals surface area contributed by atoms with E-state index in [1.165, 1.54) is 68.1 Å². The van der Waals surface area contributed by atoms with Crippen LogP contribution in [0.5, 0.6) is 0 Å². The number of rotatable bonds is 7. The second-order valence-electron chi connectivity index (χ2n) is 15.5. The van der Waals surface area contributed by atoms with Crippen LogP contribution >= 0.6 is 0 Å². The molecule has 212 valence electrons. The quantitative estimate of drug-likeness (QED) is 0.356. The molecule has 0 aromatic heterocycles. The predicted octanol–water partition coefficient (Wildman–Crippen LogP) is 9.68. The van der Waals surface area contributed by atoms with Gasteiger partial charge in [0.05, 0.1) is 24.4 Å². The van der Waals surface area contributed by atoms with Crippen LogP contribution in [0.3, 0.4) is 0 Å². The Morgan fingerprint density at radius 2 is 1.36 bits per heavy atom. The molecule has 2 aliphatic heterocycles. The molecule has 0 radical (unpaired) electrons. The smallest absolute Gasteiger partial charge is 0.0863 e. The number of fused-ring (bicyclic) bond motifs is 2. The average Bonchev–Trinajstić information content (AvgIpc) is 3.58. The van der Waals surface area contributed by atoms with Gasteiger partial charge in [0, 0.05) is 5.92 Å². The van der Waals surface area contributed by atoms with E-state index in [2.05, 4.69) is 89.2 Å². The first kappa shape index (κ1) is 27.5. The molecule has 2 aliphatic carbocycles. The third-order valence-corrected chi connectivity index (χ3v) is 10.6. The fourth-order valence-corrected chi connectivity index (χ4v) is 9.06. The van der Waals surface area contributed by atoms with Crippen molar-refractivity contribution < 1.29 is 9.47 Å². The van der Waals surface area contributed by atoms with Crippen molar-refractivity contribution in [3.8, 4) is 0 Å². The SMILES string of the molecule is CC(C)(C)CC1OC(c2ccccc2CC(C)(C)CC2OC3CCCCC3C2c2ccccc2)C2CCCC12. The second-order valence-corrected chi connectivity index (χ2v) is 15.5. The maximum absolute atomic E-state index is 6.99. The van der Waals surface area contributed by atoms with Gasteiger partial charge in [-0.3, -0.25) is 0 Å². The number of hydrogen-bond donors (Lipinski definition) is 0. The molecule has 39 heavy (non-hydrogen) atoms. The van der Waals surface area contributed by atoms with Gasteiger partial charge in [0.2, 0.25) is 0 Å². The van der Waals surface area contributed by atoms with E-state index in [4.69, 9.17) is 9.47 Å². The van der Waals surface area contributed by atoms with Gasteiger partial charge in [0.25, 0.3) is 0 Å². The summed E-state index contributed by atoms with van der Waals surface area (Å²) in [6.45, 7) is 12.1. The van der Waals surface area contributed by atoms with Gasteiger partial charge in [-0.05, 0) is 90.2 Å². The van der Waals surface area contributed by atoms with Gasteiger partial charge in [-0.1, -0.05) is 108 Å². The Bertz CT molecular complexity index is 1100. The lowest BCUT2D eigenvalue weighted by Crippen LogP contribution is -2.28. The molecule has 0 amide bonds. The second kappa shape index (κ2) is 11.0. The van der Waals surface area contributed by atoms with Gasteiger partial charge in [0.15, 0.2) is 0 Å². The van der Waals surface area contributed by atoms with Crippen molar-refractivity contribution in [3.05, 3.63) is 71.3 Å². The first-order valence-corrected chi connectivity index (χ1v) is 16.1. The van der Waals surface area contributed by atoms with Crippen LogP contribution in [-0.4, -0.2) is 18.3 Å². The lowest BCUT2D eigenvalue weighted by molar-refractivity contribution is -0.00279. The Kier molecular flexibility index (Phi) is 7.75. The fraction of sp³-hybridized carbons (Fsp3) is 0.676. The molecule has 6 rings (SSSR count). The van der Waals surface area contributed by atoms with E-state index in [1.807, 2.05) is 0 Å². The summed E-state index contributed by atoms with van der Waals surface area (Å²) >= 11 is 0. The van der Waals surface area contributed by atoms with E-state index in [1.54, 1.807) is 0 Å². The lowest BCUT2D eigenvalue weighted by atomic mass is 9.71. The van der Waals surface area contributed by atoms with E-state index in [0.717, 1.165) is 18.8 Å². The van der Waals surface area contributed by atoms with E-state index < -0.39 is 0 Å². The van der Waals surface area contributed by atoms with E-state index in [9.17, 15) is 0 Å². The van der Waals surface area contributed by atoms with Crippen LogP contribution in [0.15, 0.2) is 54.6 Å². The summed E-state index contributed by atoms with van der Waals surface area (Å²) in [5, 5.41) is 0. The molecule has 2 nitrogen and oxygen atoms in total. The third kappa shape index (κ3) is 5.89. The van der Waals surface area contributed by atoms with Crippen LogP contribution in [0.4, 0.5) is 0 Å². The van der Waals surface area contributed by atoms with E-state index in [-0.39, 0.29) is 11.5 Å². The largest absolute Gasteiger partial charge is 0.374 e. The number of ether oxygens (including phenoxy) is 2. The molecule has 0 N–H and O–H groups in total. The Labute approximate surface area is 238 Å². The Hall–Kier alpha value is -1.64. The highest BCUT2D eigenvalue weighted by Crippen LogP contribution is 2.54. The van der Waals surface area contributed by atoms with Crippen molar-refractivity contribution >= 4 is 0 Å². The van der Waals surface area contributed by atoms with Gasteiger partial charge < -0.3 is 9.47 Å². The van der Waals surface area contributed by atoms with Crippen molar-refractivity contribution in [1.82, 2.24) is 0 Å². The maximum atomic E-state index is 6.99. The minimum Gasteiger partial charge on any atom is -0.374 e. The van der Waals surface area contributed by atoms with Crippen molar-refractivity contribution in [2.24, 2.45) is 28.6 Å². The molecular formula is C37H52O2. The zero-order chi connectivity index (χ0) is 27.2. The molecule has 8 atom stereocenters. The van der Waals surface area contributed by atoms with Gasteiger partial charge in [-0.15, -0.1) is 0 Å². The van der Waals surface area contributed by atoms with Crippen LogP contribution in [0, 0.1) is 28.6 Å². The summed E-state index contributed by atoms with van der Waals surface area (Å²) in [4.78, 5) is 0. The zero-order valence-electron chi connectivity index (χ0n) is 25.2. The monoisotopic (exact) mass is 528 g/mol. The van der Waals surface area contributed by atoms with Gasteiger partial charge >= 0.3 is 0 Å². The molecule has 2 aromatic rings. The highest BCUT2D eigenvalue weighted by atomic mass is 16.5. The minimum atomic E-state index is 0.153. The van der Waals surface area contributed by atoms with Crippen molar-refractivity contribution in [3.63, 3.8) is 0 Å². The summed E-state index contributed by atoms with van der Waals surface area (Å²) in [5.74, 6) is 2.63. The molecule has 0 bridgehead atoms. The molecule has 2 heteroatoms. The molecule has 4 fully saturated rings. The Balaban J connectivity index is 1.22. The van der Waals surface area contributed by atoms with E-state index in [0.29, 0.717) is 41.5 Å². The lowest BCUT2D eigenvalue weighted by Gasteiger charge is -2.33. The maximum Gasteiger partial charge on any atom is 0.0863 e. The summed E-state index contributed by atoms with van der Waals surface area (Å²) in [6, 6.07) is 20.6. The normalized spacial score (nSPS) is 34.7. The van der Waals surface area contributed by atoms with Crippen molar-refractivity contribution in [2.45, 2.75) is 129 Å². The first-order chi connectivity index (χ1) is 18.7. The van der Waals surface area contributed by atoms with Gasteiger partial charge in [-0.25, -0.2) is 0 Å². The zero-order valence-corrected chi connectivity index (χ0v) is 25.2. The highest BCUT2D eigenvalue weighted by Gasteiger charge is 2.49. The molecule has 8 unspecified atom stereocenters. The fourth-order valence-electron chi connectivity index (χ4n) is 9.06. The average molecular weight is 529 g/mol. The molecule has 2 saturated carbocycles. The van der Waals surface area contributed by atoms with E-state index >= 15 is 0 Å². The predicted molar refractivity (Wildman–Crippen MR) is 161 cm³/mol. The standard InChI is InChI=1S/C37H52O2/c1-36(2,3)23-32-28-19-13-20-29(28)35(39-32)27-17-10-9-16-26(27)22-37(4,5)24-33-34(25-14-7-6-8-15-25)30-18-11-12-21-31(30)38-33/h6-10,14-17,28-35H,11-13,18-24H2,1-5H3. The van der Waals surface area contributed by atoms with Crippen molar-refractivity contribution in [2.75, 3.05) is 0 Å². The van der Waals surface area contributed by atoms with Gasteiger partial charge in [0.1, 0.15) is 0 Å². The van der Waals surface area contributed by atoms with Crippen LogP contribution in [-0.2, 0) is 15.9 Å². The van der Waals surface area contributed by atoms with Crippen LogP contribution in [0.25, 0.3) is 0 Å². The van der Waals surface area contributed by atoms with Crippen molar-refractivity contribution in [1.29, 1.82) is 0 Å². The summed E-state index contributed by atoms with van der Waals surface area (Å²) in [7, 11) is 0. The highest BCUT2D eigenvalue weighted by molar-refractivity contribution is 5.32. The van der Waals surface area contributed by atoms with Crippen LogP contribution < -0.4 is 0 Å². The first-order valence-electron chi connectivity index (χ1n) is 16.1. The van der Waals surface area contributed by atoms with Crippen LogP contribution in [0.2, 0.25) is 0 Å². The molecule has 2 aromatic carbocycles. The third-order valence-electron chi connectivity index (χ3n) is 10.6.